The highest BCUT2D eigenvalue weighted by Gasteiger charge is 2.36. The summed E-state index contributed by atoms with van der Waals surface area (Å²) in [5, 5.41) is -0.289. The summed E-state index contributed by atoms with van der Waals surface area (Å²) in [6.45, 7) is 2.14. The predicted octanol–water partition coefficient (Wildman–Crippen LogP) is 6.32. The topological polar surface area (TPSA) is 46.6 Å². The van der Waals surface area contributed by atoms with Gasteiger partial charge in [-0.2, -0.15) is 0 Å². The van der Waals surface area contributed by atoms with Crippen molar-refractivity contribution in [3.63, 3.8) is 0 Å². The highest BCUT2D eigenvalue weighted by molar-refractivity contribution is 14.1. The number of ether oxygens (including phenoxy) is 1. The van der Waals surface area contributed by atoms with E-state index in [1.807, 2.05) is 19.1 Å². The molecule has 0 N–H and O–H groups in total. The molecule has 2 aromatic rings. The Bertz CT molecular complexity index is 979. The van der Waals surface area contributed by atoms with E-state index in [0.717, 1.165) is 23.8 Å². The summed E-state index contributed by atoms with van der Waals surface area (Å²) in [4.78, 5) is 26.4. The molecule has 0 aromatic heterocycles. The number of carbonyl (C=O) groups excluding carboxylic acids is 2. The number of halogens is 4. The van der Waals surface area contributed by atoms with Crippen molar-refractivity contribution >= 4 is 85.8 Å². The highest BCUT2D eigenvalue weighted by Crippen LogP contribution is 2.37. The average Bonchev–Trinajstić information content (AvgIpc) is 2.88. The van der Waals surface area contributed by atoms with E-state index in [4.69, 9.17) is 16.3 Å². The summed E-state index contributed by atoms with van der Waals surface area (Å²) in [6, 6.07) is 8.10. The lowest BCUT2D eigenvalue weighted by molar-refractivity contribution is -0.123. The summed E-state index contributed by atoms with van der Waals surface area (Å²) in [5.74, 6) is -0.376. The third-order valence-electron chi connectivity index (χ3n) is 3.86. The summed E-state index contributed by atoms with van der Waals surface area (Å²) >= 11 is 11.2. The summed E-state index contributed by atoms with van der Waals surface area (Å²) in [5.41, 5.74) is 0.833. The molecule has 0 aliphatic carbocycles. The number of imide groups is 1. The number of benzene rings is 2. The van der Waals surface area contributed by atoms with Crippen LogP contribution in [0.4, 0.5) is 9.18 Å². The van der Waals surface area contributed by atoms with Crippen molar-refractivity contribution in [1.82, 2.24) is 4.90 Å². The average molecular weight is 644 g/mol. The van der Waals surface area contributed by atoms with Crippen LogP contribution in [0.25, 0.3) is 6.08 Å². The lowest BCUT2D eigenvalue weighted by Crippen LogP contribution is -2.28. The van der Waals surface area contributed by atoms with Gasteiger partial charge in [-0.25, -0.2) is 4.39 Å². The molecule has 0 spiro atoms. The van der Waals surface area contributed by atoms with Crippen LogP contribution in [0.5, 0.6) is 5.75 Å². The Morgan fingerprint density at radius 1 is 1.29 bits per heavy atom. The van der Waals surface area contributed by atoms with Gasteiger partial charge in [0.15, 0.2) is 0 Å². The fraction of sp³-hybridized carbons (Fsp3) is 0.158. The van der Waals surface area contributed by atoms with Crippen LogP contribution in [0.3, 0.4) is 0 Å². The number of hydrogen-bond acceptors (Lipinski definition) is 4. The molecule has 2 aromatic carbocycles. The van der Waals surface area contributed by atoms with Crippen LogP contribution in [0.1, 0.15) is 18.1 Å². The van der Waals surface area contributed by atoms with Crippen molar-refractivity contribution in [2.75, 3.05) is 6.61 Å². The van der Waals surface area contributed by atoms with Crippen molar-refractivity contribution in [2.24, 2.45) is 0 Å². The van der Waals surface area contributed by atoms with Crippen LogP contribution in [0.15, 0.2) is 35.2 Å². The van der Waals surface area contributed by atoms with Gasteiger partial charge in [-0.1, -0.05) is 17.7 Å². The maximum Gasteiger partial charge on any atom is 0.293 e. The molecule has 2 amide bonds. The number of thioether (sulfide) groups is 1. The zero-order chi connectivity index (χ0) is 20.4. The largest absolute Gasteiger partial charge is 0.492 e. The van der Waals surface area contributed by atoms with Gasteiger partial charge in [0.05, 0.1) is 21.6 Å². The third kappa shape index (κ3) is 4.65. The molecule has 1 fully saturated rings. The second-order valence-corrected chi connectivity index (χ2v) is 9.52. The molecule has 0 bridgehead atoms. The smallest absolute Gasteiger partial charge is 0.293 e. The van der Waals surface area contributed by atoms with Crippen molar-refractivity contribution in [1.29, 1.82) is 0 Å². The Labute approximate surface area is 198 Å². The molecule has 0 radical (unpaired) electrons. The number of rotatable bonds is 5. The van der Waals surface area contributed by atoms with E-state index in [2.05, 4.69) is 45.2 Å². The molecule has 146 valence electrons. The van der Waals surface area contributed by atoms with Gasteiger partial charge in [0.1, 0.15) is 11.6 Å². The maximum absolute atomic E-state index is 14.1. The first-order valence-corrected chi connectivity index (χ1v) is 11.5. The first-order valence-electron chi connectivity index (χ1n) is 8.12. The van der Waals surface area contributed by atoms with Crippen LogP contribution in [-0.2, 0) is 11.3 Å². The van der Waals surface area contributed by atoms with Crippen LogP contribution < -0.4 is 4.74 Å². The van der Waals surface area contributed by atoms with Crippen LogP contribution in [0, 0.1) is 13.0 Å². The first kappa shape index (κ1) is 21.8. The lowest BCUT2D eigenvalue weighted by atomic mass is 10.1. The summed E-state index contributed by atoms with van der Waals surface area (Å²) in [6.07, 6.45) is 1.64. The number of nitrogens with zero attached hydrogens (tertiary/aromatic N) is 1. The minimum atomic E-state index is -0.554. The fourth-order valence-corrected chi connectivity index (χ4v) is 5.70. The van der Waals surface area contributed by atoms with E-state index < -0.39 is 17.0 Å². The van der Waals surface area contributed by atoms with Gasteiger partial charge < -0.3 is 4.74 Å². The van der Waals surface area contributed by atoms with Gasteiger partial charge >= 0.3 is 0 Å². The van der Waals surface area contributed by atoms with Crippen LogP contribution in [-0.4, -0.2) is 22.7 Å². The number of hydrogen-bond donors (Lipinski definition) is 0. The molecule has 1 saturated heterocycles. The van der Waals surface area contributed by atoms with E-state index >= 15 is 0 Å². The minimum absolute atomic E-state index is 0.117. The molecule has 1 aliphatic rings. The molecule has 3 rings (SSSR count). The first-order chi connectivity index (χ1) is 13.3. The number of carbonyl (C=O) groups is 2. The van der Waals surface area contributed by atoms with Crippen LogP contribution >= 0.6 is 68.5 Å². The molecule has 0 unspecified atom stereocenters. The Hall–Kier alpha value is -0.850. The highest BCUT2D eigenvalue weighted by atomic mass is 127. The van der Waals surface area contributed by atoms with Gasteiger partial charge in [0.25, 0.3) is 11.1 Å². The van der Waals surface area contributed by atoms with E-state index in [1.54, 1.807) is 6.08 Å². The van der Waals surface area contributed by atoms with Gasteiger partial charge in [-0.15, -0.1) is 0 Å². The monoisotopic (exact) mass is 643 g/mol. The second kappa shape index (κ2) is 9.31. The second-order valence-electron chi connectivity index (χ2n) is 5.71. The molecule has 9 heteroatoms. The molecule has 0 saturated carbocycles. The third-order valence-corrected chi connectivity index (χ3v) is 6.55. The quantitative estimate of drug-likeness (QED) is 0.283. The van der Waals surface area contributed by atoms with Crippen molar-refractivity contribution in [2.45, 2.75) is 13.5 Å². The van der Waals surface area contributed by atoms with Gasteiger partial charge in [-0.3, -0.25) is 14.5 Å². The zero-order valence-corrected chi connectivity index (χ0v) is 20.4. The van der Waals surface area contributed by atoms with Crippen molar-refractivity contribution < 1.29 is 18.7 Å². The Morgan fingerprint density at radius 2 is 2.04 bits per heavy atom. The molecule has 1 heterocycles. The van der Waals surface area contributed by atoms with E-state index in [0.29, 0.717) is 17.9 Å². The van der Waals surface area contributed by atoms with Gasteiger partial charge in [0.2, 0.25) is 0 Å². The standard InChI is InChI=1S/C19H13ClFI2NO3S/c1-2-27-17-10(6-11(22)8-15(17)23)7-16-18(25)24(19(26)28-16)9-12-13(20)4-3-5-14(12)21/h3-8H,2,9H2,1H3. The lowest BCUT2D eigenvalue weighted by Gasteiger charge is -2.14. The Morgan fingerprint density at radius 3 is 2.71 bits per heavy atom. The Kier molecular flexibility index (Phi) is 7.26. The van der Waals surface area contributed by atoms with E-state index in [9.17, 15) is 14.0 Å². The van der Waals surface area contributed by atoms with Crippen molar-refractivity contribution in [3.8, 4) is 5.75 Å². The minimum Gasteiger partial charge on any atom is -0.492 e. The molecular formula is C19H13ClFI2NO3S. The predicted molar refractivity (Wildman–Crippen MR) is 126 cm³/mol. The maximum atomic E-state index is 14.1. The summed E-state index contributed by atoms with van der Waals surface area (Å²) in [7, 11) is 0. The summed E-state index contributed by atoms with van der Waals surface area (Å²) < 4.78 is 21.7. The molecule has 28 heavy (non-hydrogen) atoms. The van der Waals surface area contributed by atoms with E-state index in [-0.39, 0.29) is 22.0 Å². The molecule has 4 nitrogen and oxygen atoms in total. The number of amides is 2. The van der Waals surface area contributed by atoms with Crippen LogP contribution in [0.2, 0.25) is 5.02 Å². The SMILES string of the molecule is CCOc1c(I)cc(I)cc1C=C1SC(=O)N(Cc2c(F)cccc2Cl)C1=O. The molecule has 0 atom stereocenters. The fourth-order valence-electron chi connectivity index (χ4n) is 2.60. The molecular weight excluding hydrogens is 631 g/mol. The normalized spacial score (nSPS) is 15.6. The van der Waals surface area contributed by atoms with E-state index in [1.165, 1.54) is 18.2 Å². The Balaban J connectivity index is 1.94. The molecule has 1 aliphatic heterocycles. The van der Waals surface area contributed by atoms with Gasteiger partial charge in [0, 0.05) is 19.7 Å². The van der Waals surface area contributed by atoms with Crippen molar-refractivity contribution in [3.05, 3.63) is 64.3 Å². The van der Waals surface area contributed by atoms with Gasteiger partial charge in [-0.05, 0) is 94.2 Å². The zero-order valence-electron chi connectivity index (χ0n) is 14.5.